The van der Waals surface area contributed by atoms with Gasteiger partial charge < -0.3 is 25.0 Å². The number of nitrogens with one attached hydrogen (secondary N) is 1. The zero-order chi connectivity index (χ0) is 18.9. The Morgan fingerprint density at radius 2 is 1.92 bits per heavy atom. The zero-order valence-corrected chi connectivity index (χ0v) is 14.4. The number of carbonyl (C=O) groups is 1. The highest BCUT2D eigenvalue weighted by molar-refractivity contribution is 5.67. The quantitative estimate of drug-likeness (QED) is 0.671. The summed E-state index contributed by atoms with van der Waals surface area (Å²) in [6, 6.07) is 13.1. The SMILES string of the molecule is COc1cc(C(O)C(O)CCNC(=O)OCc2ccccc2)ccc1F. The summed E-state index contributed by atoms with van der Waals surface area (Å²) in [5.41, 5.74) is 1.19. The maximum absolute atomic E-state index is 13.4. The molecule has 140 valence electrons. The third kappa shape index (κ3) is 5.72. The van der Waals surface area contributed by atoms with Gasteiger partial charge in [0.05, 0.1) is 13.2 Å². The number of carbonyl (C=O) groups excluding carboxylic acids is 1. The molecule has 0 saturated carbocycles. The van der Waals surface area contributed by atoms with Gasteiger partial charge in [-0.05, 0) is 29.7 Å². The third-order valence-electron chi connectivity index (χ3n) is 3.80. The average molecular weight is 363 g/mol. The van der Waals surface area contributed by atoms with E-state index in [1.54, 1.807) is 0 Å². The fourth-order valence-corrected chi connectivity index (χ4v) is 2.34. The Morgan fingerprint density at radius 1 is 1.19 bits per heavy atom. The van der Waals surface area contributed by atoms with Crippen LogP contribution in [0.2, 0.25) is 0 Å². The number of rotatable bonds is 8. The molecule has 0 radical (unpaired) electrons. The predicted molar refractivity (Wildman–Crippen MR) is 93.2 cm³/mol. The first-order valence-electron chi connectivity index (χ1n) is 8.15. The van der Waals surface area contributed by atoms with Crippen LogP contribution < -0.4 is 10.1 Å². The van der Waals surface area contributed by atoms with Crippen LogP contribution in [0.3, 0.4) is 0 Å². The highest BCUT2D eigenvalue weighted by Crippen LogP contribution is 2.25. The van der Waals surface area contributed by atoms with Gasteiger partial charge in [-0.15, -0.1) is 0 Å². The van der Waals surface area contributed by atoms with Crippen molar-refractivity contribution in [2.45, 2.75) is 25.2 Å². The molecule has 0 aliphatic carbocycles. The molecule has 26 heavy (non-hydrogen) atoms. The number of methoxy groups -OCH3 is 1. The summed E-state index contributed by atoms with van der Waals surface area (Å²) in [6.07, 6.45) is -2.88. The Hall–Kier alpha value is -2.64. The smallest absolute Gasteiger partial charge is 0.407 e. The number of benzene rings is 2. The highest BCUT2D eigenvalue weighted by Gasteiger charge is 2.20. The first-order valence-corrected chi connectivity index (χ1v) is 8.15. The Morgan fingerprint density at radius 3 is 2.62 bits per heavy atom. The summed E-state index contributed by atoms with van der Waals surface area (Å²) >= 11 is 0. The molecule has 6 nitrogen and oxygen atoms in total. The number of halogens is 1. The molecule has 1 amide bonds. The number of ether oxygens (including phenoxy) is 2. The fourth-order valence-electron chi connectivity index (χ4n) is 2.34. The van der Waals surface area contributed by atoms with Crippen LogP contribution in [0.25, 0.3) is 0 Å². The van der Waals surface area contributed by atoms with E-state index in [2.05, 4.69) is 5.32 Å². The maximum atomic E-state index is 13.4. The fraction of sp³-hybridized carbons (Fsp3) is 0.316. The van der Waals surface area contributed by atoms with Crippen molar-refractivity contribution < 1.29 is 28.9 Å². The molecule has 2 rings (SSSR count). The van der Waals surface area contributed by atoms with E-state index in [0.29, 0.717) is 5.56 Å². The number of alkyl carbamates (subject to hydrolysis) is 1. The minimum Gasteiger partial charge on any atom is -0.494 e. The van der Waals surface area contributed by atoms with Gasteiger partial charge in [0.25, 0.3) is 0 Å². The van der Waals surface area contributed by atoms with Crippen molar-refractivity contribution >= 4 is 6.09 Å². The minimum absolute atomic E-state index is 0.0173. The monoisotopic (exact) mass is 363 g/mol. The summed E-state index contributed by atoms with van der Waals surface area (Å²) in [4.78, 5) is 11.6. The van der Waals surface area contributed by atoms with Crippen molar-refractivity contribution in [3.8, 4) is 5.75 Å². The van der Waals surface area contributed by atoms with Crippen LogP contribution in [0.4, 0.5) is 9.18 Å². The van der Waals surface area contributed by atoms with Gasteiger partial charge in [0.2, 0.25) is 0 Å². The summed E-state index contributed by atoms with van der Waals surface area (Å²) in [5.74, 6) is -0.572. The number of aliphatic hydroxyl groups excluding tert-OH is 2. The summed E-state index contributed by atoms with van der Waals surface area (Å²) in [5, 5.41) is 22.7. The number of aliphatic hydroxyl groups is 2. The molecule has 0 heterocycles. The Labute approximate surface area is 151 Å². The van der Waals surface area contributed by atoms with Crippen LogP contribution in [-0.4, -0.2) is 36.1 Å². The van der Waals surface area contributed by atoms with Gasteiger partial charge in [-0.1, -0.05) is 36.4 Å². The van der Waals surface area contributed by atoms with Crippen LogP contribution in [0.1, 0.15) is 23.7 Å². The molecule has 2 aromatic carbocycles. The lowest BCUT2D eigenvalue weighted by Crippen LogP contribution is -2.29. The van der Waals surface area contributed by atoms with Crippen LogP contribution in [0.5, 0.6) is 5.75 Å². The molecule has 0 bridgehead atoms. The Kier molecular flexibility index (Phi) is 7.37. The van der Waals surface area contributed by atoms with Gasteiger partial charge >= 0.3 is 6.09 Å². The topological polar surface area (TPSA) is 88.0 Å². The molecule has 2 unspecified atom stereocenters. The van der Waals surface area contributed by atoms with Crippen molar-refractivity contribution in [3.63, 3.8) is 0 Å². The summed E-state index contributed by atoms with van der Waals surface area (Å²) in [7, 11) is 1.32. The lowest BCUT2D eigenvalue weighted by Gasteiger charge is -2.19. The van der Waals surface area contributed by atoms with Crippen LogP contribution >= 0.6 is 0 Å². The van der Waals surface area contributed by atoms with Crippen molar-refractivity contribution in [1.29, 1.82) is 0 Å². The normalized spacial score (nSPS) is 12.9. The van der Waals surface area contributed by atoms with Crippen LogP contribution in [0, 0.1) is 5.82 Å². The number of amides is 1. The molecular formula is C19H22FNO5. The lowest BCUT2D eigenvalue weighted by molar-refractivity contribution is 0.0135. The van der Waals surface area contributed by atoms with E-state index in [9.17, 15) is 19.4 Å². The van der Waals surface area contributed by atoms with Crippen molar-refractivity contribution in [3.05, 3.63) is 65.5 Å². The van der Waals surface area contributed by atoms with Gasteiger partial charge in [-0.3, -0.25) is 0 Å². The van der Waals surface area contributed by atoms with Crippen molar-refractivity contribution in [1.82, 2.24) is 5.32 Å². The number of hydrogen-bond donors (Lipinski definition) is 3. The first kappa shape index (κ1) is 19.7. The van der Waals surface area contributed by atoms with E-state index in [-0.39, 0.29) is 25.3 Å². The van der Waals surface area contributed by atoms with Gasteiger partial charge in [-0.25, -0.2) is 9.18 Å². The van der Waals surface area contributed by atoms with E-state index < -0.39 is 24.1 Å². The molecule has 0 saturated heterocycles. The molecule has 0 fully saturated rings. The van der Waals surface area contributed by atoms with Crippen molar-refractivity contribution in [2.24, 2.45) is 0 Å². The molecule has 0 aliphatic rings. The van der Waals surface area contributed by atoms with Gasteiger partial charge in [-0.2, -0.15) is 0 Å². The Bertz CT molecular complexity index is 710. The second-order valence-corrected chi connectivity index (χ2v) is 5.68. The first-order chi connectivity index (χ1) is 12.5. The van der Waals surface area contributed by atoms with Crippen molar-refractivity contribution in [2.75, 3.05) is 13.7 Å². The second kappa shape index (κ2) is 9.74. The van der Waals surface area contributed by atoms with E-state index in [1.165, 1.54) is 19.2 Å². The molecule has 3 N–H and O–H groups in total. The van der Waals surface area contributed by atoms with E-state index in [0.717, 1.165) is 11.6 Å². The van der Waals surface area contributed by atoms with Gasteiger partial charge in [0, 0.05) is 6.54 Å². The summed E-state index contributed by atoms with van der Waals surface area (Å²) in [6.45, 7) is 0.261. The lowest BCUT2D eigenvalue weighted by atomic mass is 10.0. The van der Waals surface area contributed by atoms with Gasteiger partial charge in [0.15, 0.2) is 11.6 Å². The Balaban J connectivity index is 1.75. The van der Waals surface area contributed by atoms with Gasteiger partial charge in [0.1, 0.15) is 12.7 Å². The largest absolute Gasteiger partial charge is 0.494 e. The second-order valence-electron chi connectivity index (χ2n) is 5.68. The third-order valence-corrected chi connectivity index (χ3v) is 3.80. The zero-order valence-electron chi connectivity index (χ0n) is 14.4. The van der Waals surface area contributed by atoms with E-state index in [1.807, 2.05) is 30.3 Å². The molecule has 0 aliphatic heterocycles. The minimum atomic E-state index is -1.23. The number of hydrogen-bond acceptors (Lipinski definition) is 5. The molecule has 2 atom stereocenters. The molecule has 7 heteroatoms. The predicted octanol–water partition coefficient (Wildman–Crippen LogP) is 2.55. The molecule has 2 aromatic rings. The van der Waals surface area contributed by atoms with E-state index >= 15 is 0 Å². The molecule has 0 spiro atoms. The van der Waals surface area contributed by atoms with E-state index in [4.69, 9.17) is 9.47 Å². The molecular weight excluding hydrogens is 341 g/mol. The highest BCUT2D eigenvalue weighted by atomic mass is 19.1. The van der Waals surface area contributed by atoms with Crippen LogP contribution in [-0.2, 0) is 11.3 Å². The van der Waals surface area contributed by atoms with Crippen LogP contribution in [0.15, 0.2) is 48.5 Å². The average Bonchev–Trinajstić information content (AvgIpc) is 2.67. The standard InChI is InChI=1S/C19H22FNO5/c1-25-17-11-14(7-8-15(17)20)18(23)16(22)9-10-21-19(24)26-12-13-5-3-2-4-6-13/h2-8,11,16,18,22-23H,9-10,12H2,1H3,(H,21,24). The summed E-state index contributed by atoms with van der Waals surface area (Å²) < 4.78 is 23.3. The maximum Gasteiger partial charge on any atom is 0.407 e. The molecule has 0 aromatic heterocycles.